The molecule has 136 valence electrons. The number of ether oxygens (including phenoxy) is 1. The van der Waals surface area contributed by atoms with Gasteiger partial charge in [-0.1, -0.05) is 39.7 Å². The van der Waals surface area contributed by atoms with E-state index in [-0.39, 0.29) is 12.2 Å². The molecular formula is C19H38NO3+. The fourth-order valence-electron chi connectivity index (χ4n) is 3.17. The van der Waals surface area contributed by atoms with Gasteiger partial charge in [0.1, 0.15) is 12.6 Å². The molecule has 0 aliphatic heterocycles. The second-order valence-corrected chi connectivity index (χ2v) is 6.58. The number of rotatable bonds is 13. The van der Waals surface area contributed by atoms with Gasteiger partial charge in [-0.2, -0.15) is 0 Å². The second kappa shape index (κ2) is 12.5. The molecule has 0 heterocycles. The highest BCUT2D eigenvalue weighted by Gasteiger charge is 2.39. The third-order valence-corrected chi connectivity index (χ3v) is 4.24. The minimum absolute atomic E-state index is 0.170. The molecule has 0 aromatic carbocycles. The van der Waals surface area contributed by atoms with Crippen LogP contribution in [0.4, 0.5) is 0 Å². The Bertz CT molecular complexity index is 332. The first-order valence-corrected chi connectivity index (χ1v) is 9.32. The Morgan fingerprint density at radius 1 is 1.13 bits per heavy atom. The van der Waals surface area contributed by atoms with Crippen LogP contribution in [-0.4, -0.2) is 47.5 Å². The first-order chi connectivity index (χ1) is 11.0. The lowest BCUT2D eigenvalue weighted by Crippen LogP contribution is -2.60. The molecule has 0 aliphatic rings. The molecule has 2 atom stereocenters. The predicted molar refractivity (Wildman–Crippen MR) is 96.0 cm³/mol. The second-order valence-electron chi connectivity index (χ2n) is 6.58. The van der Waals surface area contributed by atoms with Crippen LogP contribution in [0, 0.1) is 0 Å². The summed E-state index contributed by atoms with van der Waals surface area (Å²) in [6.07, 6.45) is 8.80. The maximum atomic E-state index is 12.0. The third-order valence-electron chi connectivity index (χ3n) is 4.24. The molecule has 2 unspecified atom stereocenters. The summed E-state index contributed by atoms with van der Waals surface area (Å²) in [5.41, 5.74) is 0. The number of aliphatic hydroxyl groups is 1. The highest BCUT2D eigenvalue weighted by Crippen LogP contribution is 2.24. The Labute approximate surface area is 143 Å². The van der Waals surface area contributed by atoms with Crippen LogP contribution in [0.3, 0.4) is 0 Å². The number of nitrogens with zero attached hydrogens (tertiary/aromatic N) is 1. The minimum Gasteiger partial charge on any atom is -0.409 e. The SMILES string of the molecule is CC=CC(=O)OC(CCC)[N+](CCCC)(CCCC)CC(C)O. The van der Waals surface area contributed by atoms with E-state index in [1.807, 2.05) is 13.8 Å². The number of unbranched alkanes of at least 4 members (excludes halogenated alkanes) is 2. The quantitative estimate of drug-likeness (QED) is 0.240. The van der Waals surface area contributed by atoms with Gasteiger partial charge in [0.05, 0.1) is 13.1 Å². The molecule has 0 spiro atoms. The van der Waals surface area contributed by atoms with Gasteiger partial charge in [-0.25, -0.2) is 4.79 Å². The van der Waals surface area contributed by atoms with E-state index in [9.17, 15) is 9.90 Å². The van der Waals surface area contributed by atoms with E-state index in [0.717, 1.165) is 51.6 Å². The van der Waals surface area contributed by atoms with Gasteiger partial charge < -0.3 is 9.84 Å². The zero-order valence-corrected chi connectivity index (χ0v) is 15.9. The first kappa shape index (κ1) is 22.1. The largest absolute Gasteiger partial charge is 0.409 e. The van der Waals surface area contributed by atoms with Crippen LogP contribution in [0.25, 0.3) is 0 Å². The topological polar surface area (TPSA) is 46.5 Å². The van der Waals surface area contributed by atoms with Crippen LogP contribution in [0.15, 0.2) is 12.2 Å². The van der Waals surface area contributed by atoms with Crippen molar-refractivity contribution in [1.29, 1.82) is 0 Å². The van der Waals surface area contributed by atoms with Crippen molar-refractivity contribution < 1.29 is 19.1 Å². The van der Waals surface area contributed by atoms with Crippen molar-refractivity contribution in [2.75, 3.05) is 19.6 Å². The highest BCUT2D eigenvalue weighted by atomic mass is 16.6. The van der Waals surface area contributed by atoms with Crippen LogP contribution in [0.1, 0.15) is 73.1 Å². The Morgan fingerprint density at radius 2 is 1.70 bits per heavy atom. The summed E-state index contributed by atoms with van der Waals surface area (Å²) in [4.78, 5) is 12.0. The van der Waals surface area contributed by atoms with Gasteiger partial charge in [-0.15, -0.1) is 0 Å². The van der Waals surface area contributed by atoms with Gasteiger partial charge in [0.25, 0.3) is 0 Å². The van der Waals surface area contributed by atoms with Crippen LogP contribution >= 0.6 is 0 Å². The molecule has 0 radical (unpaired) electrons. The Kier molecular flexibility index (Phi) is 12.1. The summed E-state index contributed by atoms with van der Waals surface area (Å²) >= 11 is 0. The highest BCUT2D eigenvalue weighted by molar-refractivity contribution is 5.81. The van der Waals surface area contributed by atoms with E-state index < -0.39 is 6.10 Å². The molecule has 0 saturated heterocycles. The minimum atomic E-state index is -0.400. The van der Waals surface area contributed by atoms with Crippen LogP contribution in [0.2, 0.25) is 0 Å². The van der Waals surface area contributed by atoms with Crippen molar-refractivity contribution in [1.82, 2.24) is 0 Å². The fraction of sp³-hybridized carbons (Fsp3) is 0.842. The van der Waals surface area contributed by atoms with Crippen molar-refractivity contribution in [3.8, 4) is 0 Å². The van der Waals surface area contributed by atoms with Crippen molar-refractivity contribution >= 4 is 5.97 Å². The standard InChI is InChI=1S/C19H38NO3/c1-6-10-14-20(15-11-7-2,16-17(5)21)18(12-8-3)23-19(22)13-9-4/h9,13,17-18,21H,6-8,10-12,14-16H2,1-5H3/q+1. The van der Waals surface area contributed by atoms with Crippen molar-refractivity contribution in [2.24, 2.45) is 0 Å². The number of esters is 1. The molecule has 0 fully saturated rings. The Balaban J connectivity index is 5.47. The van der Waals surface area contributed by atoms with E-state index in [1.54, 1.807) is 6.08 Å². The maximum absolute atomic E-state index is 12.0. The molecule has 23 heavy (non-hydrogen) atoms. The molecule has 0 amide bonds. The molecule has 1 N–H and O–H groups in total. The summed E-state index contributed by atoms with van der Waals surface area (Å²) in [6.45, 7) is 12.7. The van der Waals surface area contributed by atoms with E-state index in [2.05, 4.69) is 20.8 Å². The fourth-order valence-corrected chi connectivity index (χ4v) is 3.17. The van der Waals surface area contributed by atoms with Gasteiger partial charge >= 0.3 is 5.97 Å². The lowest BCUT2D eigenvalue weighted by Gasteiger charge is -2.44. The number of carbonyl (C=O) groups excluding carboxylic acids is 1. The number of hydrogen-bond donors (Lipinski definition) is 1. The van der Waals surface area contributed by atoms with Crippen LogP contribution in [0.5, 0.6) is 0 Å². The zero-order valence-electron chi connectivity index (χ0n) is 15.9. The normalized spacial score (nSPS) is 14.9. The molecule has 0 bridgehead atoms. The monoisotopic (exact) mass is 328 g/mol. The lowest BCUT2D eigenvalue weighted by molar-refractivity contribution is -0.972. The van der Waals surface area contributed by atoms with Gasteiger partial charge in [0, 0.05) is 12.5 Å². The Morgan fingerprint density at radius 3 is 2.09 bits per heavy atom. The summed E-state index contributed by atoms with van der Waals surface area (Å²) in [5.74, 6) is -0.271. The van der Waals surface area contributed by atoms with E-state index >= 15 is 0 Å². The molecule has 0 aliphatic carbocycles. The van der Waals surface area contributed by atoms with Crippen molar-refractivity contribution in [3.63, 3.8) is 0 Å². The van der Waals surface area contributed by atoms with E-state index in [1.165, 1.54) is 6.08 Å². The number of quaternary nitrogens is 1. The summed E-state index contributed by atoms with van der Waals surface area (Å²) in [6, 6.07) is 0. The molecular weight excluding hydrogens is 290 g/mol. The van der Waals surface area contributed by atoms with Crippen LogP contribution < -0.4 is 0 Å². The zero-order chi connectivity index (χ0) is 17.7. The van der Waals surface area contributed by atoms with Crippen molar-refractivity contribution in [3.05, 3.63) is 12.2 Å². The Hall–Kier alpha value is -0.870. The van der Waals surface area contributed by atoms with Gasteiger partial charge in [0.15, 0.2) is 0 Å². The maximum Gasteiger partial charge on any atom is 0.334 e. The predicted octanol–water partition coefficient (Wildman–Crippen LogP) is 4.03. The summed E-state index contributed by atoms with van der Waals surface area (Å²) in [5, 5.41) is 10.1. The van der Waals surface area contributed by atoms with E-state index in [4.69, 9.17) is 4.74 Å². The molecule has 0 aromatic rings. The van der Waals surface area contributed by atoms with Crippen molar-refractivity contribution in [2.45, 2.75) is 85.5 Å². The number of hydrogen-bond acceptors (Lipinski definition) is 3. The first-order valence-electron chi connectivity index (χ1n) is 9.32. The molecule has 0 aromatic heterocycles. The number of allylic oxidation sites excluding steroid dienone is 1. The smallest absolute Gasteiger partial charge is 0.334 e. The average Bonchev–Trinajstić information content (AvgIpc) is 2.49. The third kappa shape index (κ3) is 8.52. The molecule has 0 saturated carbocycles. The number of carbonyl (C=O) groups is 1. The van der Waals surface area contributed by atoms with E-state index in [0.29, 0.717) is 11.0 Å². The average molecular weight is 329 g/mol. The number of aliphatic hydroxyl groups excluding tert-OH is 1. The van der Waals surface area contributed by atoms with Crippen LogP contribution in [-0.2, 0) is 9.53 Å². The molecule has 0 rings (SSSR count). The summed E-state index contributed by atoms with van der Waals surface area (Å²) < 4.78 is 6.52. The molecule has 4 heteroatoms. The van der Waals surface area contributed by atoms with Gasteiger partial charge in [-0.05, 0) is 33.1 Å². The van der Waals surface area contributed by atoms with Gasteiger partial charge in [-0.3, -0.25) is 4.48 Å². The van der Waals surface area contributed by atoms with Gasteiger partial charge in [0.2, 0.25) is 6.23 Å². The lowest BCUT2D eigenvalue weighted by atomic mass is 10.1. The molecule has 4 nitrogen and oxygen atoms in total. The summed E-state index contributed by atoms with van der Waals surface area (Å²) in [7, 11) is 0.